The summed E-state index contributed by atoms with van der Waals surface area (Å²) in [6.07, 6.45) is 0.813. The first-order valence-corrected chi connectivity index (χ1v) is 5.33. The van der Waals surface area contributed by atoms with E-state index in [0.717, 1.165) is 22.7 Å². The molecule has 0 aromatic heterocycles. The molecule has 16 heavy (non-hydrogen) atoms. The highest BCUT2D eigenvalue weighted by atomic mass is 35.5. The van der Waals surface area contributed by atoms with Crippen molar-refractivity contribution in [3.05, 3.63) is 28.8 Å². The number of benzene rings is 1. The maximum absolute atomic E-state index is 11.8. The third-order valence-electron chi connectivity index (χ3n) is 2.63. The molecule has 2 rings (SSSR count). The lowest BCUT2D eigenvalue weighted by Crippen LogP contribution is -2.41. The Hall–Kier alpha value is -0.770. The molecule has 88 valence electrons. The SMILES string of the molecule is C[C@H](N)C(=O)N1CCc2c(Cl)cccc21.Cl. The largest absolute Gasteiger partial charge is 0.320 e. The van der Waals surface area contributed by atoms with Crippen molar-refractivity contribution in [2.24, 2.45) is 5.73 Å². The molecule has 0 saturated carbocycles. The highest BCUT2D eigenvalue weighted by molar-refractivity contribution is 6.32. The van der Waals surface area contributed by atoms with Crippen molar-refractivity contribution >= 4 is 35.6 Å². The minimum Gasteiger partial charge on any atom is -0.320 e. The number of nitrogens with zero attached hydrogens (tertiary/aromatic N) is 1. The number of carbonyl (C=O) groups excluding carboxylic acids is 1. The molecule has 0 unspecified atom stereocenters. The first-order valence-electron chi connectivity index (χ1n) is 4.95. The van der Waals surface area contributed by atoms with Gasteiger partial charge in [0.1, 0.15) is 0 Å². The molecular weight excluding hydrogens is 247 g/mol. The van der Waals surface area contributed by atoms with E-state index >= 15 is 0 Å². The van der Waals surface area contributed by atoms with Crippen molar-refractivity contribution in [3.8, 4) is 0 Å². The lowest BCUT2D eigenvalue weighted by atomic mass is 10.2. The van der Waals surface area contributed by atoms with Gasteiger partial charge in [-0.1, -0.05) is 17.7 Å². The third kappa shape index (κ3) is 2.17. The average molecular weight is 261 g/mol. The number of carbonyl (C=O) groups is 1. The van der Waals surface area contributed by atoms with Crippen LogP contribution in [0.4, 0.5) is 5.69 Å². The van der Waals surface area contributed by atoms with Gasteiger partial charge in [0.2, 0.25) is 5.91 Å². The van der Waals surface area contributed by atoms with Crippen LogP contribution < -0.4 is 10.6 Å². The number of nitrogens with two attached hydrogens (primary N) is 1. The maximum Gasteiger partial charge on any atom is 0.243 e. The molecule has 1 amide bonds. The maximum atomic E-state index is 11.8. The second-order valence-corrected chi connectivity index (χ2v) is 4.17. The molecule has 5 heteroatoms. The minimum atomic E-state index is -0.463. The summed E-state index contributed by atoms with van der Waals surface area (Å²) in [5, 5.41) is 0.729. The van der Waals surface area contributed by atoms with E-state index in [-0.39, 0.29) is 18.3 Å². The van der Waals surface area contributed by atoms with Gasteiger partial charge in [0.25, 0.3) is 0 Å². The average Bonchev–Trinajstić information content (AvgIpc) is 2.61. The van der Waals surface area contributed by atoms with E-state index in [0.29, 0.717) is 6.54 Å². The van der Waals surface area contributed by atoms with Crippen molar-refractivity contribution in [1.29, 1.82) is 0 Å². The van der Waals surface area contributed by atoms with Crippen LogP contribution in [-0.2, 0) is 11.2 Å². The lowest BCUT2D eigenvalue weighted by Gasteiger charge is -2.19. The summed E-state index contributed by atoms with van der Waals surface area (Å²) in [7, 11) is 0. The lowest BCUT2D eigenvalue weighted by molar-refractivity contribution is -0.119. The molecule has 3 nitrogen and oxygen atoms in total. The molecule has 0 spiro atoms. The molecule has 1 aliphatic heterocycles. The Morgan fingerprint density at radius 1 is 1.56 bits per heavy atom. The Kier molecular flexibility index (Phi) is 4.19. The van der Waals surface area contributed by atoms with E-state index in [2.05, 4.69) is 0 Å². The predicted octanol–water partition coefficient (Wildman–Crippen LogP) is 2.00. The van der Waals surface area contributed by atoms with Gasteiger partial charge >= 0.3 is 0 Å². The highest BCUT2D eigenvalue weighted by Gasteiger charge is 2.27. The Bertz CT molecular complexity index is 407. The second-order valence-electron chi connectivity index (χ2n) is 3.77. The van der Waals surface area contributed by atoms with E-state index in [9.17, 15) is 4.79 Å². The number of fused-ring (bicyclic) bond motifs is 1. The summed E-state index contributed by atoms with van der Waals surface area (Å²) in [6, 6.07) is 5.15. The number of anilines is 1. The van der Waals surface area contributed by atoms with Crippen LogP contribution in [0.15, 0.2) is 18.2 Å². The molecule has 1 aliphatic rings. The zero-order valence-electron chi connectivity index (χ0n) is 8.94. The van der Waals surface area contributed by atoms with Gasteiger partial charge in [-0.3, -0.25) is 4.79 Å². The number of hydrogen-bond donors (Lipinski definition) is 1. The first-order chi connectivity index (χ1) is 7.11. The quantitative estimate of drug-likeness (QED) is 0.840. The van der Waals surface area contributed by atoms with Gasteiger partial charge in [0, 0.05) is 17.3 Å². The Labute approximate surface area is 106 Å². The van der Waals surface area contributed by atoms with Crippen LogP contribution in [0.3, 0.4) is 0 Å². The van der Waals surface area contributed by atoms with Crippen LogP contribution in [0.2, 0.25) is 5.02 Å². The van der Waals surface area contributed by atoms with Crippen LogP contribution in [0.25, 0.3) is 0 Å². The van der Waals surface area contributed by atoms with Gasteiger partial charge in [-0.2, -0.15) is 0 Å². The molecule has 0 bridgehead atoms. The molecule has 1 atom stereocenters. The van der Waals surface area contributed by atoms with Gasteiger partial charge in [0.15, 0.2) is 0 Å². The number of halogens is 2. The van der Waals surface area contributed by atoms with Crippen molar-refractivity contribution in [2.75, 3.05) is 11.4 Å². The second kappa shape index (κ2) is 5.04. The van der Waals surface area contributed by atoms with E-state index in [1.54, 1.807) is 11.8 Å². The van der Waals surface area contributed by atoms with Crippen molar-refractivity contribution in [2.45, 2.75) is 19.4 Å². The summed E-state index contributed by atoms with van der Waals surface area (Å²) in [5.74, 6) is -0.0454. The summed E-state index contributed by atoms with van der Waals surface area (Å²) in [4.78, 5) is 13.5. The molecule has 0 saturated heterocycles. The fraction of sp³-hybridized carbons (Fsp3) is 0.364. The molecule has 1 heterocycles. The predicted molar refractivity (Wildman–Crippen MR) is 68.4 cm³/mol. The van der Waals surface area contributed by atoms with Crippen molar-refractivity contribution in [3.63, 3.8) is 0 Å². The summed E-state index contributed by atoms with van der Waals surface area (Å²) < 4.78 is 0. The van der Waals surface area contributed by atoms with E-state index in [1.807, 2.05) is 18.2 Å². The van der Waals surface area contributed by atoms with Crippen LogP contribution in [-0.4, -0.2) is 18.5 Å². The Balaban J connectivity index is 0.00000128. The normalized spacial score (nSPS) is 15.3. The molecule has 0 radical (unpaired) electrons. The van der Waals surface area contributed by atoms with Gasteiger partial charge in [-0.15, -0.1) is 12.4 Å². The number of amides is 1. The Morgan fingerprint density at radius 2 is 2.25 bits per heavy atom. The third-order valence-corrected chi connectivity index (χ3v) is 2.98. The highest BCUT2D eigenvalue weighted by Crippen LogP contribution is 2.33. The van der Waals surface area contributed by atoms with Crippen molar-refractivity contribution in [1.82, 2.24) is 0 Å². The van der Waals surface area contributed by atoms with Gasteiger partial charge in [-0.05, 0) is 31.0 Å². The van der Waals surface area contributed by atoms with Crippen LogP contribution in [0.5, 0.6) is 0 Å². The fourth-order valence-electron chi connectivity index (χ4n) is 1.87. The molecular formula is C11H14Cl2N2O. The van der Waals surface area contributed by atoms with Gasteiger partial charge in [0.05, 0.1) is 6.04 Å². The van der Waals surface area contributed by atoms with Crippen LogP contribution in [0.1, 0.15) is 12.5 Å². The molecule has 0 aliphatic carbocycles. The van der Waals surface area contributed by atoms with Gasteiger partial charge in [-0.25, -0.2) is 0 Å². The summed E-state index contributed by atoms with van der Waals surface area (Å²) in [5.41, 5.74) is 7.54. The van der Waals surface area contributed by atoms with Gasteiger partial charge < -0.3 is 10.6 Å². The zero-order valence-corrected chi connectivity index (χ0v) is 10.5. The summed E-state index contributed by atoms with van der Waals surface area (Å²) in [6.45, 7) is 2.38. The standard InChI is InChI=1S/C11H13ClN2O.ClH/c1-7(13)11(15)14-6-5-8-9(12)3-2-4-10(8)14;/h2-4,7H,5-6,13H2,1H3;1H/t7-;/m0./s1. The zero-order chi connectivity index (χ0) is 11.0. The minimum absolute atomic E-state index is 0. The topological polar surface area (TPSA) is 46.3 Å². The van der Waals surface area contributed by atoms with Crippen LogP contribution >= 0.6 is 24.0 Å². The van der Waals surface area contributed by atoms with E-state index < -0.39 is 6.04 Å². The summed E-state index contributed by atoms with van der Waals surface area (Å²) >= 11 is 6.05. The van der Waals surface area contributed by atoms with E-state index in [1.165, 1.54) is 0 Å². The molecule has 1 aromatic carbocycles. The fourth-order valence-corrected chi connectivity index (χ4v) is 2.13. The Morgan fingerprint density at radius 3 is 2.88 bits per heavy atom. The molecule has 1 aromatic rings. The molecule has 0 fully saturated rings. The smallest absolute Gasteiger partial charge is 0.243 e. The van der Waals surface area contributed by atoms with E-state index in [4.69, 9.17) is 17.3 Å². The number of hydrogen-bond acceptors (Lipinski definition) is 2. The molecule has 2 N–H and O–H groups in total. The monoisotopic (exact) mass is 260 g/mol. The number of rotatable bonds is 1. The first kappa shape index (κ1) is 13.3. The van der Waals surface area contributed by atoms with Crippen LogP contribution in [0, 0.1) is 0 Å². The van der Waals surface area contributed by atoms with Crippen molar-refractivity contribution < 1.29 is 4.79 Å².